The topological polar surface area (TPSA) is 95.0 Å². The van der Waals surface area contributed by atoms with E-state index in [0.717, 1.165) is 5.57 Å². The number of nitrogens with zero attached hydrogens (tertiary/aromatic N) is 2. The number of allylic oxidation sites excluding steroid dienone is 3. The molecule has 47 heavy (non-hydrogen) atoms. The molecule has 0 spiro atoms. The number of para-hydroxylation sites is 1. The summed E-state index contributed by atoms with van der Waals surface area (Å²) < 4.78 is 0. The fraction of sp³-hybridized carbons (Fsp3) is 0.333. The van der Waals surface area contributed by atoms with Crippen LogP contribution in [0, 0.1) is 23.7 Å². The number of aromatic hydroxyl groups is 1. The van der Waals surface area contributed by atoms with Crippen molar-refractivity contribution in [3.63, 3.8) is 0 Å². The molecule has 2 aliphatic heterocycles. The van der Waals surface area contributed by atoms with E-state index in [4.69, 9.17) is 11.6 Å². The Balaban J connectivity index is 1.52. The smallest absolute Gasteiger partial charge is 0.246 e. The van der Waals surface area contributed by atoms with Crippen LogP contribution < -0.4 is 4.90 Å². The standard InChI is InChI=1S/C39H37ClN2O5/c1-5-11-22-12-9-17-28(33(22)43)32-26-18-19-27-31(36(46)42(34(27)44)38(2,3)4)29(26)21-30-35(45)41(25-16-10-15-24(40)20-25)37(47)39(30,32)23-13-7-6-8-14-23/h5-10,12-18,20,27,29-32,43H,1,11,19,21H2,2-4H3. The lowest BCUT2D eigenvalue weighted by Crippen LogP contribution is -2.53. The summed E-state index contributed by atoms with van der Waals surface area (Å²) in [6.45, 7) is 9.41. The summed E-state index contributed by atoms with van der Waals surface area (Å²) >= 11 is 6.38. The van der Waals surface area contributed by atoms with Crippen LogP contribution in [0.2, 0.25) is 5.02 Å². The van der Waals surface area contributed by atoms with Crippen LogP contribution in [0.3, 0.4) is 0 Å². The number of hydrogen-bond donors (Lipinski definition) is 1. The molecule has 240 valence electrons. The van der Waals surface area contributed by atoms with Crippen LogP contribution in [0.1, 0.15) is 56.2 Å². The average Bonchev–Trinajstić information content (AvgIpc) is 3.43. The second kappa shape index (κ2) is 11.1. The number of likely N-dealkylation sites (tertiary alicyclic amines) is 1. The van der Waals surface area contributed by atoms with Crippen LogP contribution in [-0.2, 0) is 31.0 Å². The van der Waals surface area contributed by atoms with Crippen LogP contribution in [0.5, 0.6) is 5.75 Å². The Morgan fingerprint density at radius 1 is 0.936 bits per heavy atom. The van der Waals surface area contributed by atoms with E-state index in [1.54, 1.807) is 30.3 Å². The predicted octanol–water partition coefficient (Wildman–Crippen LogP) is 6.74. The molecule has 2 heterocycles. The van der Waals surface area contributed by atoms with Gasteiger partial charge >= 0.3 is 0 Å². The van der Waals surface area contributed by atoms with Gasteiger partial charge in [0.15, 0.2) is 0 Å². The van der Waals surface area contributed by atoms with E-state index >= 15 is 4.79 Å². The fourth-order valence-corrected chi connectivity index (χ4v) is 9.10. The largest absolute Gasteiger partial charge is 0.507 e. The molecule has 3 aromatic carbocycles. The lowest BCUT2D eigenvalue weighted by molar-refractivity contribution is -0.145. The van der Waals surface area contributed by atoms with Crippen molar-refractivity contribution in [1.29, 1.82) is 0 Å². The third-order valence-electron chi connectivity index (χ3n) is 10.7. The molecule has 4 amide bonds. The monoisotopic (exact) mass is 648 g/mol. The summed E-state index contributed by atoms with van der Waals surface area (Å²) in [5.41, 5.74) is 0.806. The van der Waals surface area contributed by atoms with Crippen molar-refractivity contribution in [2.45, 2.75) is 56.9 Å². The minimum Gasteiger partial charge on any atom is -0.507 e. The Labute approximate surface area is 279 Å². The Hall–Kier alpha value is -4.49. The van der Waals surface area contributed by atoms with Crippen LogP contribution in [0.15, 0.2) is 97.1 Å². The maximum Gasteiger partial charge on any atom is 0.246 e. The van der Waals surface area contributed by atoms with Gasteiger partial charge in [-0.25, -0.2) is 4.90 Å². The number of imide groups is 2. The normalized spacial score (nSPS) is 28.6. The van der Waals surface area contributed by atoms with Gasteiger partial charge in [0, 0.05) is 22.0 Å². The van der Waals surface area contributed by atoms with Gasteiger partial charge in [-0.15, -0.1) is 6.58 Å². The van der Waals surface area contributed by atoms with E-state index in [1.807, 2.05) is 75.4 Å². The number of halogens is 1. The Kier molecular flexibility index (Phi) is 7.32. The maximum absolute atomic E-state index is 15.3. The highest BCUT2D eigenvalue weighted by molar-refractivity contribution is 6.32. The zero-order valence-electron chi connectivity index (χ0n) is 26.7. The number of amides is 4. The van der Waals surface area contributed by atoms with Gasteiger partial charge in [0.05, 0.1) is 28.9 Å². The summed E-state index contributed by atoms with van der Waals surface area (Å²) in [5, 5.41) is 12.3. The molecule has 6 atom stereocenters. The first-order chi connectivity index (χ1) is 22.4. The molecule has 0 bridgehead atoms. The molecule has 1 N–H and O–H groups in total. The van der Waals surface area contributed by atoms with Crippen molar-refractivity contribution in [3.05, 3.63) is 119 Å². The summed E-state index contributed by atoms with van der Waals surface area (Å²) in [7, 11) is 0. The van der Waals surface area contributed by atoms with Crippen LogP contribution in [0.4, 0.5) is 5.69 Å². The van der Waals surface area contributed by atoms with Crippen molar-refractivity contribution in [1.82, 2.24) is 4.90 Å². The number of benzene rings is 3. The number of fused-ring (bicyclic) bond motifs is 4. The number of phenolic OH excluding ortho intramolecular Hbond substituents is 1. The Morgan fingerprint density at radius 2 is 1.66 bits per heavy atom. The van der Waals surface area contributed by atoms with Crippen molar-refractivity contribution in [3.8, 4) is 5.75 Å². The van der Waals surface area contributed by atoms with E-state index in [-0.39, 0.29) is 24.0 Å². The van der Waals surface area contributed by atoms with Crippen LogP contribution in [-0.4, -0.2) is 39.2 Å². The number of phenols is 1. The molecule has 3 fully saturated rings. The predicted molar refractivity (Wildman–Crippen MR) is 180 cm³/mol. The molecule has 2 saturated heterocycles. The van der Waals surface area contributed by atoms with E-state index in [0.29, 0.717) is 40.2 Å². The number of carbonyl (C=O) groups excluding carboxylic acids is 4. The van der Waals surface area contributed by atoms with Crippen molar-refractivity contribution in [2.24, 2.45) is 23.7 Å². The van der Waals surface area contributed by atoms with Crippen LogP contribution >= 0.6 is 11.6 Å². The number of rotatable bonds is 5. The molecule has 1 saturated carbocycles. The van der Waals surface area contributed by atoms with Gasteiger partial charge in [0.1, 0.15) is 5.75 Å². The Bertz CT molecular complexity index is 1880. The molecule has 2 aliphatic carbocycles. The maximum atomic E-state index is 15.3. The summed E-state index contributed by atoms with van der Waals surface area (Å²) in [5.74, 6) is -4.65. The Morgan fingerprint density at radius 3 is 2.34 bits per heavy atom. The molecule has 6 unspecified atom stereocenters. The van der Waals surface area contributed by atoms with E-state index in [9.17, 15) is 19.5 Å². The van der Waals surface area contributed by atoms with Gasteiger partial charge < -0.3 is 5.11 Å². The SMILES string of the molecule is C=CCc1cccc(C2C3=CCC4C(=O)N(C(C)(C)C)C(=O)C4C3CC3C(=O)N(c4cccc(Cl)c4)C(=O)C32c2ccccc2)c1O. The molecule has 8 heteroatoms. The van der Waals surface area contributed by atoms with E-state index < -0.39 is 52.4 Å². The van der Waals surface area contributed by atoms with Crippen molar-refractivity contribution >= 4 is 40.9 Å². The third kappa shape index (κ3) is 4.39. The van der Waals surface area contributed by atoms with E-state index in [1.165, 1.54) is 9.80 Å². The zero-order chi connectivity index (χ0) is 33.4. The van der Waals surface area contributed by atoms with E-state index in [2.05, 4.69) is 6.58 Å². The molecule has 3 aromatic rings. The van der Waals surface area contributed by atoms with Gasteiger partial charge in [-0.2, -0.15) is 0 Å². The first-order valence-electron chi connectivity index (χ1n) is 16.1. The molecular formula is C39H37ClN2O5. The highest BCUT2D eigenvalue weighted by atomic mass is 35.5. The summed E-state index contributed by atoms with van der Waals surface area (Å²) in [6, 6.07) is 21.5. The molecule has 4 aliphatic rings. The lowest BCUT2D eigenvalue weighted by Gasteiger charge is -2.51. The number of anilines is 1. The van der Waals surface area contributed by atoms with Gasteiger partial charge in [-0.3, -0.25) is 24.1 Å². The molecule has 7 rings (SSSR count). The van der Waals surface area contributed by atoms with Crippen molar-refractivity contribution < 1.29 is 24.3 Å². The van der Waals surface area contributed by atoms with Crippen LogP contribution in [0.25, 0.3) is 0 Å². The van der Waals surface area contributed by atoms with Gasteiger partial charge in [0.2, 0.25) is 23.6 Å². The summed E-state index contributed by atoms with van der Waals surface area (Å²) in [6.07, 6.45) is 4.64. The molecular weight excluding hydrogens is 612 g/mol. The molecule has 0 aromatic heterocycles. The highest BCUT2D eigenvalue weighted by Gasteiger charge is 2.70. The zero-order valence-corrected chi connectivity index (χ0v) is 27.4. The average molecular weight is 649 g/mol. The van der Waals surface area contributed by atoms with Gasteiger partial charge in [-0.1, -0.05) is 83.9 Å². The lowest BCUT2D eigenvalue weighted by atomic mass is 9.49. The fourth-order valence-electron chi connectivity index (χ4n) is 8.91. The molecule has 0 radical (unpaired) electrons. The molecule has 7 nitrogen and oxygen atoms in total. The second-order valence-corrected chi connectivity index (χ2v) is 14.6. The second-order valence-electron chi connectivity index (χ2n) is 14.1. The number of hydrogen-bond acceptors (Lipinski definition) is 5. The minimum atomic E-state index is -1.45. The van der Waals surface area contributed by atoms with Crippen molar-refractivity contribution in [2.75, 3.05) is 4.90 Å². The van der Waals surface area contributed by atoms with Gasteiger partial charge in [0.25, 0.3) is 0 Å². The van der Waals surface area contributed by atoms with Gasteiger partial charge in [-0.05, 0) is 75.3 Å². The summed E-state index contributed by atoms with van der Waals surface area (Å²) in [4.78, 5) is 60.8. The first kappa shape index (κ1) is 31.1. The first-order valence-corrected chi connectivity index (χ1v) is 16.5. The minimum absolute atomic E-state index is 0.0294. The third-order valence-corrected chi connectivity index (χ3v) is 10.9. The quantitative estimate of drug-likeness (QED) is 0.244. The highest BCUT2D eigenvalue weighted by Crippen LogP contribution is 2.65. The number of carbonyl (C=O) groups is 4.